The van der Waals surface area contributed by atoms with E-state index in [2.05, 4.69) is 27.7 Å². The van der Waals surface area contributed by atoms with Gasteiger partial charge in [0, 0.05) is 6.61 Å². The normalized spacial score (nSPS) is 12.9. The molecule has 0 aliphatic rings. The highest BCUT2D eigenvalue weighted by Crippen LogP contribution is 2.22. The summed E-state index contributed by atoms with van der Waals surface area (Å²) in [6, 6.07) is 0. The molecule has 0 radical (unpaired) electrons. The lowest BCUT2D eigenvalue weighted by Crippen LogP contribution is -2.22. The van der Waals surface area contributed by atoms with Crippen LogP contribution in [-0.2, 0) is 19.1 Å². The van der Waals surface area contributed by atoms with Crippen molar-refractivity contribution < 1.29 is 24.2 Å². The molecule has 5 heteroatoms. The number of aliphatic hydroxyl groups is 1. The first-order valence-corrected chi connectivity index (χ1v) is 18.0. The van der Waals surface area contributed by atoms with Gasteiger partial charge in [-0.2, -0.15) is 0 Å². The summed E-state index contributed by atoms with van der Waals surface area (Å²) in [4.78, 5) is 25.5. The maximum atomic E-state index is 13.0. The summed E-state index contributed by atoms with van der Waals surface area (Å²) in [5.74, 6) is -0.208. The van der Waals surface area contributed by atoms with Crippen molar-refractivity contribution in [3.05, 3.63) is 0 Å². The van der Waals surface area contributed by atoms with Crippen molar-refractivity contribution in [2.45, 2.75) is 182 Å². The molecular formula is C36H70O5. The van der Waals surface area contributed by atoms with Crippen molar-refractivity contribution in [1.29, 1.82) is 0 Å². The fourth-order valence-electron chi connectivity index (χ4n) is 5.60. The predicted octanol–water partition coefficient (Wildman–Crippen LogP) is 10.4. The van der Waals surface area contributed by atoms with Gasteiger partial charge in [-0.25, -0.2) is 0 Å². The molecule has 0 aromatic rings. The van der Waals surface area contributed by atoms with E-state index in [0.717, 1.165) is 44.9 Å². The van der Waals surface area contributed by atoms with Gasteiger partial charge in [0.2, 0.25) is 0 Å². The van der Waals surface area contributed by atoms with Gasteiger partial charge in [-0.05, 0) is 44.4 Å². The van der Waals surface area contributed by atoms with E-state index in [1.54, 1.807) is 0 Å². The van der Waals surface area contributed by atoms with Crippen LogP contribution in [0.2, 0.25) is 0 Å². The van der Waals surface area contributed by atoms with Crippen LogP contribution in [0, 0.1) is 17.8 Å². The minimum Gasteiger partial charge on any atom is -0.465 e. The van der Waals surface area contributed by atoms with Crippen LogP contribution in [0.5, 0.6) is 0 Å². The molecule has 0 aromatic carbocycles. The summed E-state index contributed by atoms with van der Waals surface area (Å²) in [6.07, 6.45) is 26.9. The van der Waals surface area contributed by atoms with Crippen molar-refractivity contribution in [3.8, 4) is 0 Å². The quantitative estimate of drug-likeness (QED) is 0.0650. The number of aliphatic hydroxyl groups excluding tert-OH is 1. The van der Waals surface area contributed by atoms with E-state index < -0.39 is 0 Å². The van der Waals surface area contributed by atoms with Gasteiger partial charge >= 0.3 is 11.9 Å². The van der Waals surface area contributed by atoms with E-state index in [9.17, 15) is 14.7 Å². The third-order valence-electron chi connectivity index (χ3n) is 8.68. The van der Waals surface area contributed by atoms with E-state index in [0.29, 0.717) is 26.1 Å². The zero-order valence-corrected chi connectivity index (χ0v) is 27.9. The molecule has 0 fully saturated rings. The number of ether oxygens (including phenoxy) is 2. The minimum atomic E-state index is -0.101. The highest BCUT2D eigenvalue weighted by molar-refractivity contribution is 5.72. The zero-order valence-electron chi connectivity index (χ0n) is 27.9. The number of hydrogen-bond donors (Lipinski definition) is 1. The van der Waals surface area contributed by atoms with Crippen molar-refractivity contribution in [2.75, 3.05) is 19.8 Å². The van der Waals surface area contributed by atoms with Crippen molar-refractivity contribution in [2.24, 2.45) is 17.8 Å². The summed E-state index contributed by atoms with van der Waals surface area (Å²) in [5.41, 5.74) is 0. The van der Waals surface area contributed by atoms with Crippen LogP contribution in [0.1, 0.15) is 182 Å². The second-order valence-corrected chi connectivity index (χ2v) is 12.4. The topological polar surface area (TPSA) is 72.8 Å². The Kier molecular flexibility index (Phi) is 29.5. The standard InChI is InChI=1S/C36H70O5/c1-5-9-12-15-18-21-24-33(8-4)35(38)40-29-27-32(31-37)28-30-41-36(39)34(25-22-19-16-13-10-6-2)26-23-20-17-14-11-7-3/h32-34,37H,5-31H2,1-4H3. The van der Waals surface area contributed by atoms with Crippen LogP contribution >= 0.6 is 0 Å². The number of esters is 2. The molecule has 0 rings (SSSR count). The molecule has 0 aliphatic carbocycles. The minimum absolute atomic E-state index is 0.00139. The number of carbonyl (C=O) groups is 2. The highest BCUT2D eigenvalue weighted by atomic mass is 16.5. The lowest BCUT2D eigenvalue weighted by molar-refractivity contribution is -0.149. The molecule has 0 heterocycles. The number of hydrogen-bond acceptors (Lipinski definition) is 5. The Balaban J connectivity index is 4.39. The first-order valence-electron chi connectivity index (χ1n) is 18.0. The van der Waals surface area contributed by atoms with Gasteiger partial charge in [-0.15, -0.1) is 0 Å². The van der Waals surface area contributed by atoms with Crippen LogP contribution in [0.25, 0.3) is 0 Å². The molecule has 0 bridgehead atoms. The Morgan fingerprint density at radius 1 is 0.488 bits per heavy atom. The van der Waals surface area contributed by atoms with Gasteiger partial charge in [0.05, 0.1) is 25.0 Å². The largest absolute Gasteiger partial charge is 0.465 e. The lowest BCUT2D eigenvalue weighted by atomic mass is 9.94. The monoisotopic (exact) mass is 583 g/mol. The van der Waals surface area contributed by atoms with E-state index >= 15 is 0 Å². The number of carbonyl (C=O) groups excluding carboxylic acids is 2. The maximum absolute atomic E-state index is 13.0. The molecule has 1 N–H and O–H groups in total. The highest BCUT2D eigenvalue weighted by Gasteiger charge is 2.21. The van der Waals surface area contributed by atoms with E-state index in [4.69, 9.17) is 9.47 Å². The molecule has 0 saturated heterocycles. The Bertz CT molecular complexity index is 562. The molecule has 244 valence electrons. The lowest BCUT2D eigenvalue weighted by Gasteiger charge is -2.19. The van der Waals surface area contributed by atoms with Crippen LogP contribution < -0.4 is 0 Å². The second-order valence-electron chi connectivity index (χ2n) is 12.4. The molecule has 2 atom stereocenters. The Labute approximate surface area is 255 Å². The van der Waals surface area contributed by atoms with E-state index in [1.807, 2.05) is 0 Å². The molecular weight excluding hydrogens is 512 g/mol. The summed E-state index contributed by atoms with van der Waals surface area (Å²) in [7, 11) is 0. The van der Waals surface area contributed by atoms with Gasteiger partial charge in [0.25, 0.3) is 0 Å². The maximum Gasteiger partial charge on any atom is 0.308 e. The Hall–Kier alpha value is -1.10. The van der Waals surface area contributed by atoms with Gasteiger partial charge in [0.1, 0.15) is 0 Å². The second kappa shape index (κ2) is 30.4. The molecule has 0 saturated carbocycles. The zero-order chi connectivity index (χ0) is 30.4. The number of rotatable bonds is 31. The third-order valence-corrected chi connectivity index (χ3v) is 8.68. The molecule has 0 amide bonds. The Morgan fingerprint density at radius 3 is 1.20 bits per heavy atom. The summed E-state index contributed by atoms with van der Waals surface area (Å²) < 4.78 is 11.3. The summed E-state index contributed by atoms with van der Waals surface area (Å²) in [5, 5.41) is 9.85. The molecule has 2 unspecified atom stereocenters. The van der Waals surface area contributed by atoms with Crippen LogP contribution in [-0.4, -0.2) is 36.9 Å². The molecule has 5 nitrogen and oxygen atoms in total. The molecule has 41 heavy (non-hydrogen) atoms. The van der Waals surface area contributed by atoms with E-state index in [1.165, 1.54) is 96.3 Å². The van der Waals surface area contributed by atoms with Crippen LogP contribution in [0.3, 0.4) is 0 Å². The average molecular weight is 583 g/mol. The molecule has 0 aromatic heterocycles. The first kappa shape index (κ1) is 39.9. The van der Waals surface area contributed by atoms with Crippen molar-refractivity contribution >= 4 is 11.9 Å². The molecule has 0 aliphatic heterocycles. The van der Waals surface area contributed by atoms with Gasteiger partial charge in [0.15, 0.2) is 0 Å². The fourth-order valence-corrected chi connectivity index (χ4v) is 5.60. The van der Waals surface area contributed by atoms with Gasteiger partial charge < -0.3 is 14.6 Å². The van der Waals surface area contributed by atoms with Gasteiger partial charge in [-0.3, -0.25) is 9.59 Å². The smallest absolute Gasteiger partial charge is 0.308 e. The van der Waals surface area contributed by atoms with Crippen molar-refractivity contribution in [3.63, 3.8) is 0 Å². The van der Waals surface area contributed by atoms with Crippen LogP contribution in [0.4, 0.5) is 0 Å². The third kappa shape index (κ3) is 24.1. The summed E-state index contributed by atoms with van der Waals surface area (Å²) >= 11 is 0. The summed E-state index contributed by atoms with van der Waals surface area (Å²) in [6.45, 7) is 9.42. The SMILES string of the molecule is CCCCCCCCC(CC)C(=O)OCCC(CO)CCOC(=O)C(CCCCCCCC)CCCCCCCC. The first-order chi connectivity index (χ1) is 20.0. The van der Waals surface area contributed by atoms with Gasteiger partial charge in [-0.1, -0.05) is 143 Å². The van der Waals surface area contributed by atoms with E-state index in [-0.39, 0.29) is 36.3 Å². The molecule has 0 spiro atoms. The fraction of sp³-hybridized carbons (Fsp3) is 0.944. The van der Waals surface area contributed by atoms with Crippen molar-refractivity contribution in [1.82, 2.24) is 0 Å². The predicted molar refractivity (Wildman–Crippen MR) is 173 cm³/mol. The Morgan fingerprint density at radius 2 is 0.829 bits per heavy atom. The average Bonchev–Trinajstić information content (AvgIpc) is 2.98. The van der Waals surface area contributed by atoms with Crippen LogP contribution in [0.15, 0.2) is 0 Å². The number of unbranched alkanes of at least 4 members (excludes halogenated alkanes) is 15.